The highest BCUT2D eigenvalue weighted by Gasteiger charge is 2.42. The number of thioether (sulfide) groups is 1. The van der Waals surface area contributed by atoms with E-state index in [4.69, 9.17) is 17.0 Å². The molecule has 0 unspecified atom stereocenters. The fourth-order valence-electron chi connectivity index (χ4n) is 4.60. The van der Waals surface area contributed by atoms with Crippen molar-refractivity contribution in [1.82, 2.24) is 4.90 Å². The topological polar surface area (TPSA) is 79.0 Å². The van der Waals surface area contributed by atoms with Crippen molar-refractivity contribution >= 4 is 63.0 Å². The van der Waals surface area contributed by atoms with Crippen LogP contribution in [0.1, 0.15) is 22.3 Å². The molecule has 1 saturated heterocycles. The van der Waals surface area contributed by atoms with Gasteiger partial charge >= 0.3 is 0 Å². The van der Waals surface area contributed by atoms with Crippen LogP contribution in [0, 0.1) is 13.8 Å². The van der Waals surface area contributed by atoms with Crippen molar-refractivity contribution < 1.29 is 19.1 Å². The number of nitrogens with one attached hydrogen (secondary N) is 1. The second-order valence-electron chi connectivity index (χ2n) is 9.38. The Bertz CT molecular complexity index is 1530. The van der Waals surface area contributed by atoms with Gasteiger partial charge in [0.25, 0.3) is 11.8 Å². The first kappa shape index (κ1) is 26.6. The molecule has 0 bridgehead atoms. The minimum absolute atomic E-state index is 0.177. The number of nitrogens with zero attached hydrogens (tertiary/aromatic N) is 2. The number of para-hydroxylation sites is 1. The van der Waals surface area contributed by atoms with Crippen molar-refractivity contribution in [2.24, 2.45) is 0 Å². The second kappa shape index (κ2) is 11.0. The molecule has 3 aromatic carbocycles. The first-order valence-corrected chi connectivity index (χ1v) is 13.7. The second-order valence-corrected chi connectivity index (χ2v) is 11.0. The van der Waals surface area contributed by atoms with Gasteiger partial charge in [0, 0.05) is 17.8 Å². The smallest absolute Gasteiger partial charge is 0.267 e. The molecule has 0 aromatic heterocycles. The van der Waals surface area contributed by atoms with E-state index < -0.39 is 0 Å². The van der Waals surface area contributed by atoms with E-state index in [0.29, 0.717) is 39.1 Å². The van der Waals surface area contributed by atoms with E-state index in [9.17, 15) is 14.4 Å². The Kier molecular flexibility index (Phi) is 7.54. The zero-order chi connectivity index (χ0) is 27.7. The van der Waals surface area contributed by atoms with Crippen LogP contribution in [-0.4, -0.2) is 47.1 Å². The van der Waals surface area contributed by atoms with Gasteiger partial charge in [0.05, 0.1) is 23.3 Å². The molecule has 198 valence electrons. The largest absolute Gasteiger partial charge is 0.497 e. The lowest BCUT2D eigenvalue weighted by atomic mass is 10.1. The number of hydrogen-bond donors (Lipinski definition) is 1. The van der Waals surface area contributed by atoms with Gasteiger partial charge in [-0.3, -0.25) is 24.2 Å². The number of methoxy groups -OCH3 is 1. The van der Waals surface area contributed by atoms with Crippen LogP contribution in [0.15, 0.2) is 71.6 Å². The molecule has 5 rings (SSSR count). The highest BCUT2D eigenvalue weighted by Crippen LogP contribution is 2.44. The molecule has 0 spiro atoms. The van der Waals surface area contributed by atoms with Crippen molar-refractivity contribution in [2.45, 2.75) is 20.3 Å². The van der Waals surface area contributed by atoms with E-state index in [1.54, 1.807) is 19.2 Å². The van der Waals surface area contributed by atoms with Crippen LogP contribution in [0.25, 0.3) is 5.57 Å². The van der Waals surface area contributed by atoms with Gasteiger partial charge in [-0.1, -0.05) is 60.4 Å². The summed E-state index contributed by atoms with van der Waals surface area (Å²) < 4.78 is 5.62. The van der Waals surface area contributed by atoms with Gasteiger partial charge in [0.15, 0.2) is 0 Å². The molecule has 2 heterocycles. The molecule has 0 atom stereocenters. The normalized spacial score (nSPS) is 16.6. The predicted molar refractivity (Wildman–Crippen MR) is 159 cm³/mol. The Labute approximate surface area is 236 Å². The molecule has 7 nitrogen and oxygen atoms in total. The van der Waals surface area contributed by atoms with Crippen LogP contribution in [-0.2, 0) is 20.8 Å². The predicted octanol–water partition coefficient (Wildman–Crippen LogP) is 5.11. The summed E-state index contributed by atoms with van der Waals surface area (Å²) in [4.78, 5) is 43.4. The number of carbonyl (C=O) groups excluding carboxylic acids is 3. The maximum atomic E-state index is 13.7. The van der Waals surface area contributed by atoms with E-state index >= 15 is 0 Å². The van der Waals surface area contributed by atoms with Gasteiger partial charge in [-0.15, -0.1) is 0 Å². The number of fused-ring (bicyclic) bond motifs is 1. The summed E-state index contributed by atoms with van der Waals surface area (Å²) in [7, 11) is 1.61. The molecule has 39 heavy (non-hydrogen) atoms. The number of aryl methyl sites for hydroxylation is 2. The Balaban J connectivity index is 1.36. The van der Waals surface area contributed by atoms with Crippen LogP contribution >= 0.6 is 24.0 Å². The molecule has 0 radical (unpaired) electrons. The number of anilines is 2. The molecule has 0 saturated carbocycles. The average Bonchev–Trinajstić information content (AvgIpc) is 3.36. The summed E-state index contributed by atoms with van der Waals surface area (Å²) in [5, 5.41) is 2.88. The van der Waals surface area contributed by atoms with Gasteiger partial charge < -0.3 is 10.1 Å². The Hall–Kier alpha value is -3.95. The molecule has 0 aliphatic carbocycles. The fraction of sp³-hybridized carbons (Fsp3) is 0.200. The molecule has 3 aromatic rings. The van der Waals surface area contributed by atoms with Crippen LogP contribution in [0.2, 0.25) is 0 Å². The maximum absolute atomic E-state index is 13.7. The quantitative estimate of drug-likeness (QED) is 0.321. The molecule has 1 N–H and O–H groups in total. The third-order valence-electron chi connectivity index (χ3n) is 6.87. The van der Waals surface area contributed by atoms with Crippen LogP contribution in [0.3, 0.4) is 0 Å². The summed E-state index contributed by atoms with van der Waals surface area (Å²) in [5.74, 6) is -0.241. The van der Waals surface area contributed by atoms with Gasteiger partial charge in [-0.2, -0.15) is 0 Å². The summed E-state index contributed by atoms with van der Waals surface area (Å²) in [6.07, 6.45) is 0.606. The highest BCUT2D eigenvalue weighted by atomic mass is 32.2. The van der Waals surface area contributed by atoms with Crippen LogP contribution in [0.5, 0.6) is 5.75 Å². The lowest BCUT2D eigenvalue weighted by Crippen LogP contribution is -2.35. The third-order valence-corrected chi connectivity index (χ3v) is 8.32. The standard InChI is InChI=1S/C30H27N3O4S2/c1-18-8-11-21(16-19(18)2)31-25(34)17-33-24-7-5-4-6-23(24)26(28(33)35)27-29(36)32(30(38)39-27)15-14-20-9-12-22(37-3)13-10-20/h4-13,16H,14-15,17H2,1-3H3,(H,31,34)/b27-26-. The highest BCUT2D eigenvalue weighted by molar-refractivity contribution is 8.26. The lowest BCUT2D eigenvalue weighted by molar-refractivity contribution is -0.122. The first-order valence-electron chi connectivity index (χ1n) is 12.5. The molecular weight excluding hydrogens is 530 g/mol. The van der Waals surface area contributed by atoms with Crippen LogP contribution in [0.4, 0.5) is 11.4 Å². The van der Waals surface area contributed by atoms with E-state index in [1.807, 2.05) is 68.4 Å². The zero-order valence-electron chi connectivity index (χ0n) is 21.8. The number of amides is 3. The summed E-state index contributed by atoms with van der Waals surface area (Å²) in [6.45, 7) is 4.20. The Morgan fingerprint density at radius 1 is 0.949 bits per heavy atom. The molecular formula is C30H27N3O4S2. The molecule has 3 amide bonds. The summed E-state index contributed by atoms with van der Waals surface area (Å²) >= 11 is 6.67. The van der Waals surface area contributed by atoms with Crippen LogP contribution < -0.4 is 15.0 Å². The van der Waals surface area contributed by atoms with Crippen molar-refractivity contribution in [3.63, 3.8) is 0 Å². The van der Waals surface area contributed by atoms with E-state index in [1.165, 1.54) is 9.80 Å². The molecule has 9 heteroatoms. The van der Waals surface area contributed by atoms with Crippen molar-refractivity contribution in [2.75, 3.05) is 30.4 Å². The number of benzene rings is 3. The summed E-state index contributed by atoms with van der Waals surface area (Å²) in [5.41, 5.74) is 5.40. The van der Waals surface area contributed by atoms with E-state index in [2.05, 4.69) is 5.32 Å². The first-order chi connectivity index (χ1) is 18.8. The zero-order valence-corrected chi connectivity index (χ0v) is 23.4. The number of thiocarbonyl (C=S) groups is 1. The molecule has 2 aliphatic heterocycles. The van der Waals surface area contributed by atoms with Gasteiger partial charge in [-0.05, 0) is 67.3 Å². The third kappa shape index (κ3) is 5.32. The fourth-order valence-corrected chi connectivity index (χ4v) is 5.98. The number of rotatable bonds is 7. The molecule has 1 fully saturated rings. The minimum Gasteiger partial charge on any atom is -0.497 e. The van der Waals surface area contributed by atoms with E-state index in [0.717, 1.165) is 34.2 Å². The Morgan fingerprint density at radius 3 is 2.41 bits per heavy atom. The van der Waals surface area contributed by atoms with Crippen molar-refractivity contribution in [3.8, 4) is 5.75 Å². The van der Waals surface area contributed by atoms with Gasteiger partial charge in [0.1, 0.15) is 16.6 Å². The maximum Gasteiger partial charge on any atom is 0.267 e. The Morgan fingerprint density at radius 2 is 1.69 bits per heavy atom. The van der Waals surface area contributed by atoms with Gasteiger partial charge in [0.2, 0.25) is 5.91 Å². The average molecular weight is 558 g/mol. The SMILES string of the molecule is COc1ccc(CCN2C(=O)/C(=C3/C(=O)N(CC(=O)Nc4ccc(C)c(C)c4)c4ccccc43)SC2=S)cc1. The monoisotopic (exact) mass is 557 g/mol. The number of hydrogen-bond acceptors (Lipinski definition) is 6. The number of ether oxygens (including phenoxy) is 1. The van der Waals surface area contributed by atoms with Gasteiger partial charge in [-0.25, -0.2) is 0 Å². The van der Waals surface area contributed by atoms with E-state index in [-0.39, 0.29) is 29.8 Å². The summed E-state index contributed by atoms with van der Waals surface area (Å²) in [6, 6.07) is 20.5. The van der Waals surface area contributed by atoms with Crippen molar-refractivity contribution in [1.29, 1.82) is 0 Å². The van der Waals surface area contributed by atoms with Crippen molar-refractivity contribution in [3.05, 3.63) is 93.9 Å². The minimum atomic E-state index is -0.387. The molecule has 2 aliphatic rings. The number of carbonyl (C=O) groups is 3. The lowest BCUT2D eigenvalue weighted by Gasteiger charge is -2.17.